The summed E-state index contributed by atoms with van der Waals surface area (Å²) in [7, 11) is 5.33. The van der Waals surface area contributed by atoms with Gasteiger partial charge in [0.2, 0.25) is 5.88 Å². The minimum atomic E-state index is -0.510. The first-order valence-corrected chi connectivity index (χ1v) is 9.96. The lowest BCUT2D eigenvalue weighted by atomic mass is 10.0. The van der Waals surface area contributed by atoms with Crippen molar-refractivity contribution in [2.75, 3.05) is 27.7 Å². The number of aliphatic imine (C=N–C) groups is 1. The molecule has 0 spiro atoms. The number of rotatable bonds is 8. The molecule has 1 atom stereocenters. The Kier molecular flexibility index (Phi) is 9.71. The molecule has 1 heterocycles. The van der Waals surface area contributed by atoms with E-state index in [-0.39, 0.29) is 18.1 Å². The number of carbonyl (C=O) groups excluding carboxylic acids is 1. The van der Waals surface area contributed by atoms with Crippen LogP contribution in [0, 0.1) is 5.92 Å². The second-order valence-corrected chi connectivity index (χ2v) is 8.31. The number of hydrogen-bond acceptors (Lipinski definition) is 5. The second-order valence-electron chi connectivity index (χ2n) is 8.31. The molecule has 0 saturated carbocycles. The summed E-state index contributed by atoms with van der Waals surface area (Å²) in [5, 5.41) is 6.33. The molecule has 1 aromatic heterocycles. The molecule has 0 bridgehead atoms. The van der Waals surface area contributed by atoms with Gasteiger partial charge in [0, 0.05) is 45.5 Å². The van der Waals surface area contributed by atoms with Gasteiger partial charge in [-0.15, -0.1) is 0 Å². The van der Waals surface area contributed by atoms with Gasteiger partial charge in [-0.05, 0) is 44.7 Å². The Morgan fingerprint density at radius 1 is 1.34 bits per heavy atom. The first-order chi connectivity index (χ1) is 13.6. The van der Waals surface area contributed by atoms with E-state index >= 15 is 0 Å². The fourth-order valence-electron chi connectivity index (χ4n) is 2.71. The van der Waals surface area contributed by atoms with E-state index in [2.05, 4.69) is 34.5 Å². The van der Waals surface area contributed by atoms with Crippen molar-refractivity contribution in [1.29, 1.82) is 0 Å². The van der Waals surface area contributed by atoms with Crippen LogP contribution < -0.4 is 15.4 Å². The van der Waals surface area contributed by atoms with Gasteiger partial charge < -0.3 is 25.0 Å². The summed E-state index contributed by atoms with van der Waals surface area (Å²) in [6.07, 6.45) is 2.11. The van der Waals surface area contributed by atoms with E-state index in [0.717, 1.165) is 24.5 Å². The lowest BCUT2D eigenvalue weighted by Gasteiger charge is -2.28. The molecule has 0 saturated heterocycles. The van der Waals surface area contributed by atoms with Crippen molar-refractivity contribution in [1.82, 2.24) is 20.5 Å². The zero-order valence-electron chi connectivity index (χ0n) is 19.1. The zero-order valence-corrected chi connectivity index (χ0v) is 19.1. The molecular formula is C21H37N5O3. The van der Waals surface area contributed by atoms with E-state index in [1.54, 1.807) is 20.4 Å². The number of aromatic nitrogens is 1. The molecule has 0 fully saturated rings. The Morgan fingerprint density at radius 2 is 2.03 bits per heavy atom. The predicted molar refractivity (Wildman–Crippen MR) is 116 cm³/mol. The van der Waals surface area contributed by atoms with Crippen LogP contribution in [0.5, 0.6) is 5.88 Å². The highest BCUT2D eigenvalue weighted by Gasteiger charge is 2.22. The number of carbonyl (C=O) groups is 1. The number of nitrogens with zero attached hydrogens (tertiary/aromatic N) is 3. The van der Waals surface area contributed by atoms with Gasteiger partial charge in [-0.2, -0.15) is 0 Å². The molecule has 0 aliphatic rings. The number of alkyl carbamates (subject to hydrolysis) is 1. The Balaban J connectivity index is 2.58. The molecule has 0 aliphatic carbocycles. The average molecular weight is 408 g/mol. The molecule has 0 aromatic carbocycles. The predicted octanol–water partition coefficient (Wildman–Crippen LogP) is 3.04. The third kappa shape index (κ3) is 9.49. The summed E-state index contributed by atoms with van der Waals surface area (Å²) in [5.74, 6) is 1.65. The summed E-state index contributed by atoms with van der Waals surface area (Å²) < 4.78 is 10.5. The molecule has 0 radical (unpaired) electrons. The largest absolute Gasteiger partial charge is 0.481 e. The van der Waals surface area contributed by atoms with Gasteiger partial charge in [-0.3, -0.25) is 4.99 Å². The summed E-state index contributed by atoms with van der Waals surface area (Å²) >= 11 is 0. The Morgan fingerprint density at radius 3 is 2.59 bits per heavy atom. The van der Waals surface area contributed by atoms with Gasteiger partial charge in [0.15, 0.2) is 5.96 Å². The van der Waals surface area contributed by atoms with Gasteiger partial charge in [-0.25, -0.2) is 9.78 Å². The quantitative estimate of drug-likeness (QED) is 0.509. The molecule has 29 heavy (non-hydrogen) atoms. The molecular weight excluding hydrogens is 370 g/mol. The number of ether oxygens (including phenoxy) is 2. The average Bonchev–Trinajstić information content (AvgIpc) is 2.64. The van der Waals surface area contributed by atoms with Crippen LogP contribution in [0.3, 0.4) is 0 Å². The third-order valence-corrected chi connectivity index (χ3v) is 4.31. The molecule has 1 unspecified atom stereocenters. The van der Waals surface area contributed by atoms with Crippen molar-refractivity contribution in [3.8, 4) is 5.88 Å². The number of hydrogen-bond donors (Lipinski definition) is 2. The molecule has 1 aromatic rings. The Bertz CT molecular complexity index is 671. The topological polar surface area (TPSA) is 88.1 Å². The smallest absolute Gasteiger partial charge is 0.407 e. The molecule has 1 rings (SSSR count). The molecule has 0 aliphatic heterocycles. The fourth-order valence-corrected chi connectivity index (χ4v) is 2.71. The van der Waals surface area contributed by atoms with Crippen molar-refractivity contribution in [2.24, 2.45) is 10.9 Å². The van der Waals surface area contributed by atoms with Crippen LogP contribution in [0.4, 0.5) is 4.79 Å². The van der Waals surface area contributed by atoms with Gasteiger partial charge >= 0.3 is 6.09 Å². The SMILES string of the molecule is CN=C(NCc1ccnc(OC)c1)N(C)CCC(NC(=O)OC(C)(C)C)C(C)C. The maximum Gasteiger partial charge on any atom is 0.407 e. The van der Waals surface area contributed by atoms with Crippen molar-refractivity contribution in [3.63, 3.8) is 0 Å². The van der Waals surface area contributed by atoms with E-state index in [1.165, 1.54) is 0 Å². The van der Waals surface area contributed by atoms with E-state index in [0.29, 0.717) is 12.4 Å². The van der Waals surface area contributed by atoms with Crippen LogP contribution >= 0.6 is 0 Å². The van der Waals surface area contributed by atoms with Crippen molar-refractivity contribution in [3.05, 3.63) is 23.9 Å². The van der Waals surface area contributed by atoms with Crippen LogP contribution in [0.1, 0.15) is 46.6 Å². The summed E-state index contributed by atoms with van der Waals surface area (Å²) in [6, 6.07) is 3.83. The number of amides is 1. The standard InChI is InChI=1S/C21H37N5O3/c1-15(2)17(25-20(27)29-21(3,4)5)10-12-26(7)19(22-6)24-14-16-9-11-23-18(13-16)28-8/h9,11,13,15,17H,10,12,14H2,1-8H3,(H,22,24)(H,25,27). The lowest BCUT2D eigenvalue weighted by Crippen LogP contribution is -2.45. The van der Waals surface area contributed by atoms with Crippen LogP contribution in [0.15, 0.2) is 23.3 Å². The third-order valence-electron chi connectivity index (χ3n) is 4.31. The highest BCUT2D eigenvalue weighted by molar-refractivity contribution is 5.79. The number of nitrogens with one attached hydrogen (secondary N) is 2. The van der Waals surface area contributed by atoms with Crippen LogP contribution in [-0.2, 0) is 11.3 Å². The van der Waals surface area contributed by atoms with Gasteiger partial charge in [0.05, 0.1) is 7.11 Å². The zero-order chi connectivity index (χ0) is 22.0. The number of guanidine groups is 1. The van der Waals surface area contributed by atoms with Gasteiger partial charge in [0.1, 0.15) is 5.60 Å². The second kappa shape index (κ2) is 11.5. The normalized spacial score (nSPS) is 13.1. The van der Waals surface area contributed by atoms with Crippen molar-refractivity contribution < 1.29 is 14.3 Å². The first kappa shape index (κ1) is 24.5. The molecule has 1 amide bonds. The first-order valence-electron chi connectivity index (χ1n) is 9.96. The summed E-state index contributed by atoms with van der Waals surface area (Å²) in [5.41, 5.74) is 0.544. The van der Waals surface area contributed by atoms with Gasteiger partial charge in [-0.1, -0.05) is 13.8 Å². The lowest BCUT2D eigenvalue weighted by molar-refractivity contribution is 0.0486. The van der Waals surface area contributed by atoms with E-state index in [4.69, 9.17) is 9.47 Å². The summed E-state index contributed by atoms with van der Waals surface area (Å²) in [6.45, 7) is 11.1. The molecule has 8 nitrogen and oxygen atoms in total. The molecule has 8 heteroatoms. The van der Waals surface area contributed by atoms with Crippen LogP contribution in [0.25, 0.3) is 0 Å². The highest BCUT2D eigenvalue weighted by Crippen LogP contribution is 2.12. The van der Waals surface area contributed by atoms with E-state index in [1.807, 2.05) is 44.9 Å². The molecule has 2 N–H and O–H groups in total. The number of methoxy groups -OCH3 is 1. The Labute approximate surface area is 175 Å². The summed E-state index contributed by atoms with van der Waals surface area (Å²) in [4.78, 5) is 22.6. The minimum Gasteiger partial charge on any atom is -0.481 e. The number of pyridine rings is 1. The Hall–Kier alpha value is -2.51. The molecule has 164 valence electrons. The van der Waals surface area contributed by atoms with Crippen molar-refractivity contribution in [2.45, 2.75) is 59.2 Å². The fraction of sp³-hybridized carbons (Fsp3) is 0.667. The maximum atomic E-state index is 12.1. The highest BCUT2D eigenvalue weighted by atomic mass is 16.6. The monoisotopic (exact) mass is 407 g/mol. The van der Waals surface area contributed by atoms with Crippen LogP contribution in [-0.4, -0.2) is 61.3 Å². The minimum absolute atomic E-state index is 0.00913. The van der Waals surface area contributed by atoms with E-state index < -0.39 is 5.60 Å². The van der Waals surface area contributed by atoms with Crippen molar-refractivity contribution >= 4 is 12.1 Å². The van der Waals surface area contributed by atoms with Crippen LogP contribution in [0.2, 0.25) is 0 Å². The van der Waals surface area contributed by atoms with Gasteiger partial charge in [0.25, 0.3) is 0 Å². The van der Waals surface area contributed by atoms with E-state index in [9.17, 15) is 4.79 Å². The maximum absolute atomic E-state index is 12.1.